The van der Waals surface area contributed by atoms with Crippen LogP contribution < -0.4 is 4.90 Å². The first-order valence-corrected chi connectivity index (χ1v) is 18.3. The first kappa shape index (κ1) is 29.3. The van der Waals surface area contributed by atoms with Gasteiger partial charge in [-0.05, 0) is 142 Å². The van der Waals surface area contributed by atoms with Crippen LogP contribution in [0.2, 0.25) is 0 Å². The molecule has 0 saturated heterocycles. The monoisotopic (exact) mass is 641 g/mol. The maximum Gasteiger partial charge on any atom is 0.0716 e. The van der Waals surface area contributed by atoms with Crippen LogP contribution in [0, 0.1) is 0 Å². The first-order valence-electron chi connectivity index (χ1n) is 18.3. The Balaban J connectivity index is 1.16. The number of rotatable bonds is 5. The SMILES string of the molecule is C1=CC2=C(CC1)C1=C(C=CCC1)C21C2=C(CCC=C2)c2ccc(N(c3ccc(-c4ccccc4)cc3)c3ccc(-c4ccccc4)cc3)cc21. The molecule has 0 atom stereocenters. The van der Waals surface area contributed by atoms with Gasteiger partial charge in [0, 0.05) is 17.1 Å². The van der Waals surface area contributed by atoms with Gasteiger partial charge in [0.1, 0.15) is 0 Å². The molecule has 10 rings (SSSR count). The largest absolute Gasteiger partial charge is 0.310 e. The summed E-state index contributed by atoms with van der Waals surface area (Å²) < 4.78 is 0. The lowest BCUT2D eigenvalue weighted by atomic mass is 9.66. The van der Waals surface area contributed by atoms with Gasteiger partial charge in [0.25, 0.3) is 0 Å². The molecule has 0 aromatic heterocycles. The van der Waals surface area contributed by atoms with Gasteiger partial charge in [0.15, 0.2) is 0 Å². The number of hydrogen-bond donors (Lipinski definition) is 0. The molecule has 0 amide bonds. The average Bonchev–Trinajstić information content (AvgIpc) is 3.66. The maximum absolute atomic E-state index is 2.54. The Morgan fingerprint density at radius 2 is 0.820 bits per heavy atom. The Morgan fingerprint density at radius 1 is 0.400 bits per heavy atom. The summed E-state index contributed by atoms with van der Waals surface area (Å²) in [5.41, 5.74) is 20.4. The number of nitrogens with zero attached hydrogens (tertiary/aromatic N) is 1. The Kier molecular flexibility index (Phi) is 6.88. The van der Waals surface area contributed by atoms with Gasteiger partial charge in [-0.3, -0.25) is 0 Å². The van der Waals surface area contributed by atoms with Crippen molar-refractivity contribution in [3.05, 3.63) is 203 Å². The minimum atomic E-state index is -0.240. The van der Waals surface area contributed by atoms with Crippen LogP contribution in [0.15, 0.2) is 192 Å². The number of allylic oxidation sites excluding steroid dienone is 12. The molecular formula is C49H39N. The molecule has 0 N–H and O–H groups in total. The van der Waals surface area contributed by atoms with Crippen LogP contribution in [-0.2, 0) is 5.41 Å². The van der Waals surface area contributed by atoms with Gasteiger partial charge in [0.2, 0.25) is 0 Å². The lowest BCUT2D eigenvalue weighted by molar-refractivity contribution is 0.750. The van der Waals surface area contributed by atoms with E-state index < -0.39 is 0 Å². The number of fused-ring (bicyclic) bond motifs is 7. The summed E-state index contributed by atoms with van der Waals surface area (Å²) in [4.78, 5) is 2.46. The van der Waals surface area contributed by atoms with Crippen molar-refractivity contribution in [1.29, 1.82) is 0 Å². The van der Waals surface area contributed by atoms with Crippen molar-refractivity contribution in [1.82, 2.24) is 0 Å². The predicted molar refractivity (Wildman–Crippen MR) is 210 cm³/mol. The molecule has 1 spiro atoms. The predicted octanol–water partition coefficient (Wildman–Crippen LogP) is 13.2. The molecule has 5 aromatic rings. The van der Waals surface area contributed by atoms with Crippen LogP contribution in [0.5, 0.6) is 0 Å². The molecule has 5 aromatic carbocycles. The average molecular weight is 642 g/mol. The molecule has 0 bridgehead atoms. The van der Waals surface area contributed by atoms with Gasteiger partial charge < -0.3 is 4.90 Å². The summed E-state index contributed by atoms with van der Waals surface area (Å²) in [6.45, 7) is 0. The summed E-state index contributed by atoms with van der Waals surface area (Å²) in [5.74, 6) is 0. The molecule has 0 fully saturated rings. The second kappa shape index (κ2) is 11.7. The van der Waals surface area contributed by atoms with Crippen molar-refractivity contribution >= 4 is 22.6 Å². The number of anilines is 3. The Bertz CT molecular complexity index is 2200. The van der Waals surface area contributed by atoms with Crippen molar-refractivity contribution < 1.29 is 0 Å². The molecule has 0 heterocycles. The van der Waals surface area contributed by atoms with E-state index >= 15 is 0 Å². The summed E-state index contributed by atoms with van der Waals surface area (Å²) >= 11 is 0. The van der Waals surface area contributed by atoms with E-state index in [4.69, 9.17) is 0 Å². The van der Waals surface area contributed by atoms with E-state index in [-0.39, 0.29) is 5.41 Å². The van der Waals surface area contributed by atoms with E-state index in [1.165, 1.54) is 55.8 Å². The fourth-order valence-electron chi connectivity index (χ4n) is 9.38. The highest BCUT2D eigenvalue weighted by atomic mass is 15.1. The third-order valence-electron chi connectivity index (χ3n) is 11.5. The third-order valence-corrected chi connectivity index (χ3v) is 11.5. The van der Waals surface area contributed by atoms with Crippen molar-refractivity contribution in [2.75, 3.05) is 4.90 Å². The van der Waals surface area contributed by atoms with Gasteiger partial charge in [-0.25, -0.2) is 0 Å². The second-order valence-electron chi connectivity index (χ2n) is 14.1. The van der Waals surface area contributed by atoms with Crippen LogP contribution in [0.4, 0.5) is 17.1 Å². The highest BCUT2D eigenvalue weighted by Crippen LogP contribution is 2.65. The molecule has 1 nitrogen and oxygen atoms in total. The van der Waals surface area contributed by atoms with Gasteiger partial charge >= 0.3 is 0 Å². The topological polar surface area (TPSA) is 3.24 Å². The Labute approximate surface area is 295 Å². The van der Waals surface area contributed by atoms with Crippen LogP contribution in [-0.4, -0.2) is 0 Å². The van der Waals surface area contributed by atoms with Crippen molar-refractivity contribution in [3.63, 3.8) is 0 Å². The van der Waals surface area contributed by atoms with Gasteiger partial charge in [-0.1, -0.05) is 127 Å². The van der Waals surface area contributed by atoms with E-state index in [0.717, 1.165) is 49.9 Å². The standard InChI is InChI=1S/C49H39N/c1-3-13-34(14-4-1)36-23-27-38(28-24-36)50(39-29-25-37(26-30-39)35-15-5-2-6-16-35)40-31-32-44-43-19-9-12-22-47(43)49(48(44)33-40)45-20-10-7-17-41(45)42-18-8-11-21-46(42)49/h1-6,10-16,20-33H,7-9,17-19H2. The molecule has 1 heteroatoms. The zero-order valence-corrected chi connectivity index (χ0v) is 28.3. The molecular weight excluding hydrogens is 603 g/mol. The van der Waals surface area contributed by atoms with Crippen LogP contribution in [0.3, 0.4) is 0 Å². The molecule has 0 unspecified atom stereocenters. The summed E-state index contributed by atoms with van der Waals surface area (Å²) in [6.07, 6.45) is 21.5. The smallest absolute Gasteiger partial charge is 0.0716 e. The van der Waals surface area contributed by atoms with Gasteiger partial charge in [-0.15, -0.1) is 0 Å². The van der Waals surface area contributed by atoms with Crippen LogP contribution in [0.1, 0.15) is 49.7 Å². The molecule has 0 aliphatic heterocycles. The third kappa shape index (κ3) is 4.39. The van der Waals surface area contributed by atoms with E-state index in [2.05, 4.69) is 169 Å². The summed E-state index contributed by atoms with van der Waals surface area (Å²) in [7, 11) is 0. The van der Waals surface area contributed by atoms with E-state index in [0.29, 0.717) is 0 Å². The molecule has 0 radical (unpaired) electrons. The molecule has 5 aliphatic rings. The van der Waals surface area contributed by atoms with Crippen LogP contribution >= 0.6 is 0 Å². The first-order chi connectivity index (χ1) is 24.8. The quantitative estimate of drug-likeness (QED) is 0.185. The van der Waals surface area contributed by atoms with Crippen molar-refractivity contribution in [2.24, 2.45) is 0 Å². The fourth-order valence-corrected chi connectivity index (χ4v) is 9.38. The number of benzene rings is 5. The lowest BCUT2D eigenvalue weighted by Gasteiger charge is -2.36. The van der Waals surface area contributed by atoms with Crippen LogP contribution in [0.25, 0.3) is 27.8 Å². The number of hydrogen-bond acceptors (Lipinski definition) is 1. The lowest BCUT2D eigenvalue weighted by Crippen LogP contribution is -2.29. The maximum atomic E-state index is 2.54. The van der Waals surface area contributed by atoms with Crippen molar-refractivity contribution in [2.45, 2.75) is 43.9 Å². The molecule has 240 valence electrons. The highest BCUT2D eigenvalue weighted by molar-refractivity contribution is 5.93. The van der Waals surface area contributed by atoms with E-state index in [9.17, 15) is 0 Å². The zero-order valence-electron chi connectivity index (χ0n) is 28.3. The molecule has 50 heavy (non-hydrogen) atoms. The Morgan fingerprint density at radius 3 is 1.32 bits per heavy atom. The fraction of sp³-hybridized carbons (Fsp3) is 0.143. The van der Waals surface area contributed by atoms with Gasteiger partial charge in [-0.2, -0.15) is 0 Å². The normalized spacial score (nSPS) is 18.0. The van der Waals surface area contributed by atoms with E-state index in [1.807, 2.05) is 0 Å². The Hall–Kier alpha value is -5.66. The highest BCUT2D eigenvalue weighted by Gasteiger charge is 2.54. The zero-order chi connectivity index (χ0) is 33.1. The molecule has 0 saturated carbocycles. The summed E-state index contributed by atoms with van der Waals surface area (Å²) in [6, 6.07) is 46.9. The summed E-state index contributed by atoms with van der Waals surface area (Å²) in [5, 5.41) is 0. The van der Waals surface area contributed by atoms with Crippen molar-refractivity contribution in [3.8, 4) is 22.3 Å². The molecule has 5 aliphatic carbocycles. The van der Waals surface area contributed by atoms with Gasteiger partial charge in [0.05, 0.1) is 5.41 Å². The second-order valence-corrected chi connectivity index (χ2v) is 14.1. The minimum absolute atomic E-state index is 0.240. The minimum Gasteiger partial charge on any atom is -0.310 e. The van der Waals surface area contributed by atoms with E-state index in [1.54, 1.807) is 16.7 Å².